The number of aryl methyl sites for hydroxylation is 1. The molecule has 0 aliphatic rings. The number of ether oxygens (including phenoxy) is 1. The number of hydrogen-bond acceptors (Lipinski definition) is 6. The molecule has 0 saturated carbocycles. The number of halogens is 3. The predicted octanol–water partition coefficient (Wildman–Crippen LogP) is 5.14. The van der Waals surface area contributed by atoms with E-state index in [-0.39, 0.29) is 28.3 Å². The fourth-order valence-corrected chi connectivity index (χ4v) is 3.98. The molecule has 0 bridgehead atoms. The van der Waals surface area contributed by atoms with E-state index in [0.29, 0.717) is 28.1 Å². The highest BCUT2D eigenvalue weighted by molar-refractivity contribution is 6.13. The van der Waals surface area contributed by atoms with E-state index in [1.165, 1.54) is 18.0 Å². The van der Waals surface area contributed by atoms with Crippen molar-refractivity contribution in [3.63, 3.8) is 0 Å². The molecule has 0 unspecified atom stereocenters. The summed E-state index contributed by atoms with van der Waals surface area (Å²) >= 11 is 0. The fraction of sp³-hybridized carbons (Fsp3) is 0.148. The predicted molar refractivity (Wildman–Crippen MR) is 140 cm³/mol. The molecular formula is C27H22F3N7O3. The first-order valence-corrected chi connectivity index (χ1v) is 12.0. The summed E-state index contributed by atoms with van der Waals surface area (Å²) in [6.07, 6.45) is -2.33. The second-order valence-electron chi connectivity index (χ2n) is 8.57. The Balaban J connectivity index is 1.52. The maximum Gasteiger partial charge on any atom is 0.433 e. The van der Waals surface area contributed by atoms with E-state index < -0.39 is 23.7 Å². The van der Waals surface area contributed by atoms with Crippen molar-refractivity contribution in [3.05, 3.63) is 90.0 Å². The van der Waals surface area contributed by atoms with Gasteiger partial charge < -0.3 is 15.4 Å². The largest absolute Gasteiger partial charge is 0.497 e. The number of methoxy groups -OCH3 is 1. The number of nitrogens with one attached hydrogen (secondary N) is 2. The molecule has 204 valence electrons. The van der Waals surface area contributed by atoms with Crippen LogP contribution in [0.15, 0.2) is 73.1 Å². The second-order valence-corrected chi connectivity index (χ2v) is 8.57. The van der Waals surface area contributed by atoms with Crippen LogP contribution in [0, 0.1) is 0 Å². The molecule has 40 heavy (non-hydrogen) atoms. The zero-order valence-electron chi connectivity index (χ0n) is 21.2. The number of aromatic nitrogens is 5. The van der Waals surface area contributed by atoms with Crippen LogP contribution in [0.4, 0.5) is 24.5 Å². The van der Waals surface area contributed by atoms with E-state index in [9.17, 15) is 22.8 Å². The van der Waals surface area contributed by atoms with Gasteiger partial charge in [-0.15, -0.1) is 0 Å². The topological polar surface area (TPSA) is 115 Å². The van der Waals surface area contributed by atoms with Crippen LogP contribution in [0.2, 0.25) is 0 Å². The lowest BCUT2D eigenvalue weighted by molar-refractivity contribution is -0.142. The number of alkyl halides is 3. The van der Waals surface area contributed by atoms with Crippen molar-refractivity contribution in [1.29, 1.82) is 0 Å². The van der Waals surface area contributed by atoms with Crippen molar-refractivity contribution in [2.45, 2.75) is 19.6 Å². The maximum atomic E-state index is 14.0. The smallest absolute Gasteiger partial charge is 0.433 e. The van der Waals surface area contributed by atoms with Crippen LogP contribution in [0.25, 0.3) is 16.9 Å². The molecule has 0 radical (unpaired) electrons. The monoisotopic (exact) mass is 549 g/mol. The van der Waals surface area contributed by atoms with Gasteiger partial charge in [0.15, 0.2) is 17.0 Å². The van der Waals surface area contributed by atoms with E-state index in [2.05, 4.69) is 25.8 Å². The maximum absolute atomic E-state index is 14.0. The van der Waals surface area contributed by atoms with Crippen molar-refractivity contribution in [3.8, 4) is 17.0 Å². The van der Waals surface area contributed by atoms with Crippen LogP contribution in [0.1, 0.15) is 33.5 Å². The van der Waals surface area contributed by atoms with Crippen molar-refractivity contribution in [1.82, 2.24) is 24.4 Å². The minimum absolute atomic E-state index is 0.0150. The van der Waals surface area contributed by atoms with Crippen molar-refractivity contribution in [2.24, 2.45) is 0 Å². The average Bonchev–Trinajstić information content (AvgIpc) is 3.57. The van der Waals surface area contributed by atoms with Gasteiger partial charge in [-0.3, -0.25) is 14.3 Å². The quantitative estimate of drug-likeness (QED) is 0.290. The third-order valence-corrected chi connectivity index (χ3v) is 5.97. The zero-order chi connectivity index (χ0) is 28.4. The summed E-state index contributed by atoms with van der Waals surface area (Å²) in [5.41, 5.74) is -0.752. The molecule has 5 aromatic rings. The number of rotatable bonds is 7. The first-order valence-electron chi connectivity index (χ1n) is 12.0. The summed E-state index contributed by atoms with van der Waals surface area (Å²) < 4.78 is 49.1. The number of carbonyl (C=O) groups excluding carboxylic acids is 2. The van der Waals surface area contributed by atoms with Crippen LogP contribution >= 0.6 is 0 Å². The van der Waals surface area contributed by atoms with E-state index in [1.807, 2.05) is 0 Å². The van der Waals surface area contributed by atoms with Crippen molar-refractivity contribution < 1.29 is 27.5 Å². The number of nitrogens with zero attached hydrogens (tertiary/aromatic N) is 5. The van der Waals surface area contributed by atoms with Crippen molar-refractivity contribution in [2.75, 3.05) is 17.7 Å². The van der Waals surface area contributed by atoms with Crippen LogP contribution in [0.3, 0.4) is 0 Å². The Morgan fingerprint density at radius 1 is 1.00 bits per heavy atom. The SMILES string of the molecule is CCn1cc(NC(=O)c2cnn3c(C(F)(F)F)cc(-c4ccc(OC)cc4)nc23)c(C(=O)Nc2ccccc2)n1. The summed E-state index contributed by atoms with van der Waals surface area (Å²) in [6.45, 7) is 2.20. The van der Waals surface area contributed by atoms with Gasteiger partial charge in [0.05, 0.1) is 24.7 Å². The van der Waals surface area contributed by atoms with Gasteiger partial charge in [0, 0.05) is 24.0 Å². The molecule has 3 heterocycles. The van der Waals surface area contributed by atoms with E-state index in [0.717, 1.165) is 12.3 Å². The van der Waals surface area contributed by atoms with Gasteiger partial charge in [-0.05, 0) is 49.4 Å². The highest BCUT2D eigenvalue weighted by Gasteiger charge is 2.36. The number of amides is 2. The van der Waals surface area contributed by atoms with Gasteiger partial charge in [-0.1, -0.05) is 18.2 Å². The number of benzene rings is 2. The van der Waals surface area contributed by atoms with Crippen LogP contribution in [-0.2, 0) is 12.7 Å². The summed E-state index contributed by atoms with van der Waals surface area (Å²) in [5, 5.41) is 13.3. The minimum atomic E-state index is -4.78. The average molecular weight is 550 g/mol. The lowest BCUT2D eigenvalue weighted by Gasteiger charge is -2.12. The lowest BCUT2D eigenvalue weighted by Crippen LogP contribution is -2.18. The molecule has 0 aliphatic heterocycles. The molecule has 10 nitrogen and oxygen atoms in total. The number of para-hydroxylation sites is 1. The zero-order valence-corrected chi connectivity index (χ0v) is 21.2. The fourth-order valence-electron chi connectivity index (χ4n) is 3.98. The normalized spacial score (nSPS) is 11.4. The molecule has 5 rings (SSSR count). The number of fused-ring (bicyclic) bond motifs is 1. The minimum Gasteiger partial charge on any atom is -0.497 e. The Hall–Kier alpha value is -5.20. The summed E-state index contributed by atoms with van der Waals surface area (Å²) in [6, 6.07) is 15.8. The molecule has 3 aromatic heterocycles. The van der Waals surface area contributed by atoms with Crippen molar-refractivity contribution >= 4 is 28.8 Å². The first-order chi connectivity index (χ1) is 19.2. The molecule has 0 fully saturated rings. The van der Waals surface area contributed by atoms with Gasteiger partial charge >= 0.3 is 6.18 Å². The van der Waals surface area contributed by atoms with Gasteiger partial charge in [0.1, 0.15) is 11.3 Å². The number of anilines is 2. The number of hydrogen-bond donors (Lipinski definition) is 2. The summed E-state index contributed by atoms with van der Waals surface area (Å²) in [7, 11) is 1.47. The van der Waals surface area contributed by atoms with Gasteiger partial charge in [0.25, 0.3) is 11.8 Å². The highest BCUT2D eigenvalue weighted by atomic mass is 19.4. The van der Waals surface area contributed by atoms with Crippen LogP contribution in [-0.4, -0.2) is 43.3 Å². The number of carbonyl (C=O) groups is 2. The van der Waals surface area contributed by atoms with E-state index >= 15 is 0 Å². The lowest BCUT2D eigenvalue weighted by atomic mass is 10.1. The highest BCUT2D eigenvalue weighted by Crippen LogP contribution is 2.33. The van der Waals surface area contributed by atoms with E-state index in [4.69, 9.17) is 4.74 Å². The molecule has 0 atom stereocenters. The standard InChI is InChI=1S/C27H22F3N7O3/c1-3-36-15-21(23(35-36)26(39)32-17-7-5-4-6-8-17)34-25(38)19-14-31-37-22(27(28,29)30)13-20(33-24(19)37)16-9-11-18(40-2)12-10-16/h4-15H,3H2,1-2H3,(H,32,39)(H,34,38). The Kier molecular flexibility index (Phi) is 6.94. The summed E-state index contributed by atoms with van der Waals surface area (Å²) in [4.78, 5) is 30.6. The molecule has 2 N–H and O–H groups in total. The Labute approximate surface area is 225 Å². The Morgan fingerprint density at radius 2 is 1.73 bits per heavy atom. The molecule has 0 aliphatic carbocycles. The Bertz CT molecular complexity index is 1690. The van der Waals surface area contributed by atoms with Gasteiger partial charge in [-0.25, -0.2) is 9.50 Å². The van der Waals surface area contributed by atoms with Crippen LogP contribution < -0.4 is 15.4 Å². The molecule has 2 amide bonds. The molecule has 0 saturated heterocycles. The molecule has 2 aromatic carbocycles. The molecular weight excluding hydrogens is 527 g/mol. The second kappa shape index (κ2) is 10.5. The summed E-state index contributed by atoms with van der Waals surface area (Å²) in [5.74, 6) is -0.871. The van der Waals surface area contributed by atoms with Gasteiger partial charge in [-0.2, -0.15) is 23.4 Å². The third-order valence-electron chi connectivity index (χ3n) is 5.97. The first kappa shape index (κ1) is 26.4. The third kappa shape index (κ3) is 5.21. The molecule has 0 spiro atoms. The van der Waals surface area contributed by atoms with Gasteiger partial charge in [0.2, 0.25) is 0 Å². The van der Waals surface area contributed by atoms with E-state index in [1.54, 1.807) is 61.5 Å². The van der Waals surface area contributed by atoms with Crippen LogP contribution in [0.5, 0.6) is 5.75 Å². The molecule has 13 heteroatoms. The Morgan fingerprint density at radius 3 is 2.38 bits per heavy atom.